The smallest absolute Gasteiger partial charge is 0.269 e. The molecule has 1 heterocycles. The summed E-state index contributed by atoms with van der Waals surface area (Å²) in [7, 11) is 0. The van der Waals surface area contributed by atoms with Gasteiger partial charge in [-0.15, -0.1) is 0 Å². The molecule has 0 saturated carbocycles. The van der Waals surface area contributed by atoms with E-state index in [0.29, 0.717) is 15.8 Å². The number of hydrogen-bond donors (Lipinski definition) is 2. The third-order valence-electron chi connectivity index (χ3n) is 3.64. The number of thiocarbonyl (C=S) groups is 1. The summed E-state index contributed by atoms with van der Waals surface area (Å²) in [6, 6.07) is 13.6. The van der Waals surface area contributed by atoms with Crippen LogP contribution in [0.3, 0.4) is 0 Å². The molecule has 1 fully saturated rings. The number of benzene rings is 2. The minimum Gasteiger partial charge on any atom is -0.338 e. The number of rotatable bonds is 3. The highest BCUT2D eigenvalue weighted by atomic mass is 35.5. The molecule has 0 aliphatic carbocycles. The number of halogens is 1. The monoisotopic (exact) mass is 348 g/mol. The zero-order valence-electron chi connectivity index (χ0n) is 12.1. The normalized spacial score (nSPS) is 20.4. The molecular weight excluding hydrogens is 336 g/mol. The van der Waals surface area contributed by atoms with Crippen molar-refractivity contribution in [1.29, 1.82) is 0 Å². The largest absolute Gasteiger partial charge is 0.338 e. The van der Waals surface area contributed by atoms with Crippen molar-refractivity contribution in [1.82, 2.24) is 10.7 Å². The molecule has 1 atom stereocenters. The molecule has 2 aromatic rings. The van der Waals surface area contributed by atoms with Gasteiger partial charge in [-0.2, -0.15) is 5.43 Å². The minimum atomic E-state index is -0.594. The Morgan fingerprint density at radius 1 is 1.17 bits per heavy atom. The van der Waals surface area contributed by atoms with Crippen LogP contribution in [0.15, 0.2) is 48.5 Å². The van der Waals surface area contributed by atoms with E-state index >= 15 is 0 Å². The quantitative estimate of drug-likeness (QED) is 0.504. The number of nitro benzene ring substituents is 1. The van der Waals surface area contributed by atoms with E-state index in [1.807, 2.05) is 31.2 Å². The summed E-state index contributed by atoms with van der Waals surface area (Å²) < 4.78 is 0. The average Bonchev–Trinajstić information content (AvgIpc) is 2.84. The summed E-state index contributed by atoms with van der Waals surface area (Å²) in [6.07, 6.45) is 0. The van der Waals surface area contributed by atoms with Crippen molar-refractivity contribution in [3.8, 4) is 0 Å². The molecule has 2 aromatic carbocycles. The maximum atomic E-state index is 10.7. The van der Waals surface area contributed by atoms with E-state index in [2.05, 4.69) is 10.7 Å². The molecule has 23 heavy (non-hydrogen) atoms. The van der Waals surface area contributed by atoms with Gasteiger partial charge in [0.1, 0.15) is 5.66 Å². The Balaban J connectivity index is 1.87. The number of non-ortho nitro benzene ring substituents is 1. The zero-order chi connectivity index (χ0) is 16.6. The zero-order valence-corrected chi connectivity index (χ0v) is 13.7. The number of anilines is 1. The van der Waals surface area contributed by atoms with Gasteiger partial charge in [-0.05, 0) is 49.0 Å². The molecule has 0 bridgehead atoms. The molecule has 118 valence electrons. The third kappa shape index (κ3) is 2.98. The molecule has 3 rings (SSSR count). The van der Waals surface area contributed by atoms with Crippen LogP contribution >= 0.6 is 23.8 Å². The van der Waals surface area contributed by atoms with Crippen molar-refractivity contribution in [3.05, 3.63) is 69.2 Å². The van der Waals surface area contributed by atoms with Crippen molar-refractivity contribution < 1.29 is 4.92 Å². The van der Waals surface area contributed by atoms with Gasteiger partial charge in [-0.3, -0.25) is 10.1 Å². The maximum Gasteiger partial charge on any atom is 0.269 e. The molecule has 0 aromatic heterocycles. The van der Waals surface area contributed by atoms with Gasteiger partial charge < -0.3 is 5.32 Å². The number of nitro groups is 1. The second kappa shape index (κ2) is 5.77. The first-order valence-electron chi connectivity index (χ1n) is 6.80. The van der Waals surface area contributed by atoms with Crippen LogP contribution in [-0.2, 0) is 5.66 Å². The Kier molecular flexibility index (Phi) is 3.93. The summed E-state index contributed by atoms with van der Waals surface area (Å²) >= 11 is 11.3. The summed E-state index contributed by atoms with van der Waals surface area (Å²) in [5.41, 5.74) is 4.41. The lowest BCUT2D eigenvalue weighted by Crippen LogP contribution is -2.45. The lowest BCUT2D eigenvalue weighted by molar-refractivity contribution is -0.384. The highest BCUT2D eigenvalue weighted by molar-refractivity contribution is 7.80. The average molecular weight is 349 g/mol. The predicted molar refractivity (Wildman–Crippen MR) is 93.2 cm³/mol. The fraction of sp³-hybridized carbons (Fsp3) is 0.133. The molecule has 6 nitrogen and oxygen atoms in total. The number of nitrogens with one attached hydrogen (secondary N) is 2. The van der Waals surface area contributed by atoms with E-state index < -0.39 is 10.6 Å². The number of nitrogens with zero attached hydrogens (tertiary/aromatic N) is 2. The third-order valence-corrected chi connectivity index (χ3v) is 4.17. The summed E-state index contributed by atoms with van der Waals surface area (Å²) in [5, 5.41) is 16.8. The molecule has 2 N–H and O–H groups in total. The number of hydrogen-bond acceptors (Lipinski definition) is 4. The van der Waals surface area contributed by atoms with E-state index in [-0.39, 0.29) is 5.69 Å². The van der Waals surface area contributed by atoms with Crippen molar-refractivity contribution in [2.45, 2.75) is 12.6 Å². The minimum absolute atomic E-state index is 0.0345. The SMILES string of the molecule is C[C@@]1(c2ccc(Cl)cc2)NC(=S)N(c2ccc([N+](=O)[O-])cc2)N1. The fourth-order valence-corrected chi connectivity index (χ4v) is 2.88. The van der Waals surface area contributed by atoms with E-state index in [4.69, 9.17) is 23.8 Å². The van der Waals surface area contributed by atoms with Crippen molar-refractivity contribution in [2.24, 2.45) is 0 Å². The van der Waals surface area contributed by atoms with Gasteiger partial charge in [0, 0.05) is 17.2 Å². The van der Waals surface area contributed by atoms with Crippen molar-refractivity contribution in [2.75, 3.05) is 5.01 Å². The summed E-state index contributed by atoms with van der Waals surface area (Å²) in [6.45, 7) is 1.95. The van der Waals surface area contributed by atoms with Gasteiger partial charge in [0.25, 0.3) is 5.69 Å². The van der Waals surface area contributed by atoms with Crippen LogP contribution in [0.1, 0.15) is 12.5 Å². The molecule has 0 unspecified atom stereocenters. The molecule has 8 heteroatoms. The Morgan fingerprint density at radius 3 is 2.35 bits per heavy atom. The topological polar surface area (TPSA) is 70.4 Å². The van der Waals surface area contributed by atoms with Crippen LogP contribution in [0, 0.1) is 10.1 Å². The van der Waals surface area contributed by atoms with Crippen LogP contribution in [0.5, 0.6) is 0 Å². The standard InChI is InChI=1S/C15H13ClN4O2S/c1-15(10-2-4-11(16)5-3-10)17-14(23)19(18-15)12-6-8-13(9-7-12)20(21)22/h2-9,18H,1H3,(H,17,23)/t15-/m1/s1. The van der Waals surface area contributed by atoms with Crippen molar-refractivity contribution in [3.63, 3.8) is 0 Å². The lowest BCUT2D eigenvalue weighted by Gasteiger charge is -2.26. The molecular formula is C15H13ClN4O2S. The van der Waals surface area contributed by atoms with E-state index in [0.717, 1.165) is 5.56 Å². The molecule has 1 aliphatic heterocycles. The highest BCUT2D eigenvalue weighted by Gasteiger charge is 2.38. The van der Waals surface area contributed by atoms with Crippen LogP contribution < -0.4 is 15.8 Å². The molecule has 1 saturated heterocycles. The first-order chi connectivity index (χ1) is 10.9. The first kappa shape index (κ1) is 15.7. The van der Waals surface area contributed by atoms with Crippen LogP contribution in [0.2, 0.25) is 5.02 Å². The predicted octanol–water partition coefficient (Wildman–Crippen LogP) is 3.32. The van der Waals surface area contributed by atoms with Crippen LogP contribution in [0.4, 0.5) is 11.4 Å². The van der Waals surface area contributed by atoms with Gasteiger partial charge in [0.2, 0.25) is 0 Å². The van der Waals surface area contributed by atoms with Gasteiger partial charge in [0.05, 0.1) is 10.6 Å². The van der Waals surface area contributed by atoms with Gasteiger partial charge in [0.15, 0.2) is 5.11 Å². The van der Waals surface area contributed by atoms with E-state index in [9.17, 15) is 10.1 Å². The molecule has 0 spiro atoms. The summed E-state index contributed by atoms with van der Waals surface area (Å²) in [4.78, 5) is 10.3. The molecule has 0 amide bonds. The first-order valence-corrected chi connectivity index (χ1v) is 7.58. The lowest BCUT2D eigenvalue weighted by atomic mass is 10.0. The Bertz CT molecular complexity index is 766. The van der Waals surface area contributed by atoms with Gasteiger partial charge in [-0.25, -0.2) is 5.01 Å². The number of hydrazine groups is 1. The van der Waals surface area contributed by atoms with Crippen molar-refractivity contribution >= 4 is 40.3 Å². The Labute approximate surface area is 143 Å². The fourth-order valence-electron chi connectivity index (χ4n) is 2.40. The second-order valence-electron chi connectivity index (χ2n) is 5.28. The van der Waals surface area contributed by atoms with Gasteiger partial charge in [-0.1, -0.05) is 23.7 Å². The van der Waals surface area contributed by atoms with E-state index in [1.54, 1.807) is 17.1 Å². The van der Waals surface area contributed by atoms with Crippen LogP contribution in [-0.4, -0.2) is 10.0 Å². The van der Waals surface area contributed by atoms with E-state index in [1.165, 1.54) is 12.1 Å². The maximum absolute atomic E-state index is 10.7. The Hall–Kier alpha value is -2.22. The summed E-state index contributed by atoms with van der Waals surface area (Å²) in [5.74, 6) is 0. The van der Waals surface area contributed by atoms with Gasteiger partial charge >= 0.3 is 0 Å². The molecule has 1 aliphatic rings. The highest BCUT2D eigenvalue weighted by Crippen LogP contribution is 2.28. The molecule has 0 radical (unpaired) electrons. The second-order valence-corrected chi connectivity index (χ2v) is 6.11. The van der Waals surface area contributed by atoms with Crippen LogP contribution in [0.25, 0.3) is 0 Å². The Morgan fingerprint density at radius 2 is 1.78 bits per heavy atom.